The van der Waals surface area contributed by atoms with Gasteiger partial charge in [0.2, 0.25) is 5.91 Å². The maximum Gasteiger partial charge on any atom is 0.226 e. The molecule has 3 aliphatic carbocycles. The van der Waals surface area contributed by atoms with Gasteiger partial charge in [-0.05, 0) is 31.1 Å². The van der Waals surface area contributed by atoms with Crippen LogP contribution in [0.1, 0.15) is 52.4 Å². The Labute approximate surface area is 137 Å². The molecule has 3 fully saturated rings. The molecule has 0 aromatic rings. The summed E-state index contributed by atoms with van der Waals surface area (Å²) in [6.07, 6.45) is 6.24. The number of rotatable bonds is 0. The number of hydrogen-bond acceptors (Lipinski definition) is 3. The predicted molar refractivity (Wildman–Crippen MR) is 85.3 cm³/mol. The second-order valence-corrected chi connectivity index (χ2v) is 8.47. The lowest BCUT2D eigenvalue weighted by Crippen LogP contribution is -2.57. The molecule has 0 spiro atoms. The molecule has 124 valence electrons. The van der Waals surface area contributed by atoms with Crippen LogP contribution in [-0.2, 0) is 14.4 Å². The number of fused-ring (bicyclic) bond motifs is 5. The van der Waals surface area contributed by atoms with E-state index in [9.17, 15) is 14.4 Å². The molecule has 0 N–H and O–H groups in total. The van der Waals surface area contributed by atoms with Crippen molar-refractivity contribution in [2.24, 2.45) is 28.6 Å². The van der Waals surface area contributed by atoms with Crippen molar-refractivity contribution in [2.75, 3.05) is 7.05 Å². The number of Topliss-reactive ketones (excluding diaryl/α,β-unsaturated/α-hetero) is 2. The lowest BCUT2D eigenvalue weighted by atomic mass is 9.49. The molecule has 0 aromatic carbocycles. The van der Waals surface area contributed by atoms with Crippen LogP contribution in [0.3, 0.4) is 0 Å². The van der Waals surface area contributed by atoms with E-state index in [0.717, 1.165) is 25.0 Å². The number of ketones is 2. The predicted octanol–water partition coefficient (Wildman–Crippen LogP) is 2.72. The zero-order valence-corrected chi connectivity index (χ0v) is 14.2. The molecule has 2 saturated carbocycles. The molecular formula is C19H25NO3. The third kappa shape index (κ3) is 1.75. The first-order chi connectivity index (χ1) is 10.8. The van der Waals surface area contributed by atoms with Crippen LogP contribution >= 0.6 is 0 Å². The van der Waals surface area contributed by atoms with E-state index < -0.39 is 5.41 Å². The van der Waals surface area contributed by atoms with Crippen molar-refractivity contribution in [3.05, 3.63) is 11.8 Å². The van der Waals surface area contributed by atoms with Crippen LogP contribution in [0.15, 0.2) is 11.8 Å². The summed E-state index contributed by atoms with van der Waals surface area (Å²) in [5.41, 5.74) is 0.364. The summed E-state index contributed by atoms with van der Waals surface area (Å²) in [7, 11) is 1.84. The Morgan fingerprint density at radius 3 is 2.61 bits per heavy atom. The van der Waals surface area contributed by atoms with E-state index in [2.05, 4.69) is 13.0 Å². The van der Waals surface area contributed by atoms with Crippen molar-refractivity contribution in [3.63, 3.8) is 0 Å². The maximum absolute atomic E-state index is 13.1. The van der Waals surface area contributed by atoms with Crippen LogP contribution in [-0.4, -0.2) is 29.4 Å². The zero-order chi connectivity index (χ0) is 16.6. The Morgan fingerprint density at radius 2 is 1.87 bits per heavy atom. The van der Waals surface area contributed by atoms with Gasteiger partial charge in [0.1, 0.15) is 11.6 Å². The SMILES string of the molecule is CN1C(=O)CCC2(C)C1=CCC1C3CCC(=O)C3(C)CC(=O)C12. The van der Waals surface area contributed by atoms with Gasteiger partial charge < -0.3 is 4.90 Å². The van der Waals surface area contributed by atoms with E-state index in [4.69, 9.17) is 0 Å². The number of piperidine rings is 1. The molecule has 5 unspecified atom stereocenters. The summed E-state index contributed by atoms with van der Waals surface area (Å²) in [4.78, 5) is 39.3. The molecule has 1 amide bonds. The number of hydrogen-bond donors (Lipinski definition) is 0. The summed E-state index contributed by atoms with van der Waals surface area (Å²) in [6.45, 7) is 4.18. The molecule has 1 heterocycles. The Balaban J connectivity index is 1.79. The van der Waals surface area contributed by atoms with Gasteiger partial charge in [0.15, 0.2) is 0 Å². The molecular weight excluding hydrogens is 290 g/mol. The molecule has 0 aromatic heterocycles. The number of carbonyl (C=O) groups excluding carboxylic acids is 3. The summed E-state index contributed by atoms with van der Waals surface area (Å²) < 4.78 is 0. The average Bonchev–Trinajstić information content (AvgIpc) is 2.78. The molecule has 1 saturated heterocycles. The summed E-state index contributed by atoms with van der Waals surface area (Å²) in [6, 6.07) is 0. The summed E-state index contributed by atoms with van der Waals surface area (Å²) in [5.74, 6) is 1.25. The van der Waals surface area contributed by atoms with Gasteiger partial charge in [-0.1, -0.05) is 19.9 Å². The summed E-state index contributed by atoms with van der Waals surface area (Å²) in [5, 5.41) is 0. The van der Waals surface area contributed by atoms with Crippen LogP contribution in [0.2, 0.25) is 0 Å². The molecule has 4 rings (SSSR count). The van der Waals surface area contributed by atoms with Crippen molar-refractivity contribution < 1.29 is 14.4 Å². The van der Waals surface area contributed by atoms with Crippen LogP contribution in [0.4, 0.5) is 0 Å². The minimum atomic E-state index is -0.434. The first-order valence-electron chi connectivity index (χ1n) is 8.82. The highest BCUT2D eigenvalue weighted by molar-refractivity contribution is 5.96. The van der Waals surface area contributed by atoms with Gasteiger partial charge in [-0.3, -0.25) is 14.4 Å². The lowest BCUT2D eigenvalue weighted by Gasteiger charge is -2.56. The largest absolute Gasteiger partial charge is 0.319 e. The van der Waals surface area contributed by atoms with Gasteiger partial charge in [-0.2, -0.15) is 0 Å². The fraction of sp³-hybridized carbons (Fsp3) is 0.737. The van der Waals surface area contributed by atoms with Crippen molar-refractivity contribution in [1.29, 1.82) is 0 Å². The van der Waals surface area contributed by atoms with Crippen molar-refractivity contribution in [1.82, 2.24) is 4.90 Å². The Kier molecular flexibility index (Phi) is 2.99. The molecule has 0 radical (unpaired) electrons. The summed E-state index contributed by atoms with van der Waals surface area (Å²) >= 11 is 0. The number of likely N-dealkylation sites (tertiary alicyclic amines) is 1. The second kappa shape index (κ2) is 4.55. The fourth-order valence-corrected chi connectivity index (χ4v) is 6.20. The normalized spacial score (nSPS) is 46.2. The van der Waals surface area contributed by atoms with E-state index in [1.54, 1.807) is 4.90 Å². The smallest absolute Gasteiger partial charge is 0.226 e. The molecule has 5 atom stereocenters. The number of amides is 1. The van der Waals surface area contributed by atoms with Gasteiger partial charge in [-0.15, -0.1) is 0 Å². The van der Waals surface area contributed by atoms with Gasteiger partial charge in [0.05, 0.1) is 0 Å². The third-order valence-corrected chi connectivity index (χ3v) is 7.42. The Morgan fingerprint density at radius 1 is 1.13 bits per heavy atom. The van der Waals surface area contributed by atoms with E-state index in [1.807, 2.05) is 14.0 Å². The third-order valence-electron chi connectivity index (χ3n) is 7.42. The van der Waals surface area contributed by atoms with Crippen LogP contribution in [0.5, 0.6) is 0 Å². The van der Waals surface area contributed by atoms with E-state index >= 15 is 0 Å². The fourth-order valence-electron chi connectivity index (χ4n) is 6.20. The second-order valence-electron chi connectivity index (χ2n) is 8.47. The lowest BCUT2D eigenvalue weighted by molar-refractivity contribution is -0.152. The number of nitrogens with zero attached hydrogens (tertiary/aromatic N) is 1. The van der Waals surface area contributed by atoms with Crippen LogP contribution in [0, 0.1) is 28.6 Å². The minimum Gasteiger partial charge on any atom is -0.319 e. The van der Waals surface area contributed by atoms with Crippen molar-refractivity contribution in [2.45, 2.75) is 52.4 Å². The number of carbonyl (C=O) groups is 3. The molecule has 0 bridgehead atoms. The van der Waals surface area contributed by atoms with Crippen LogP contribution < -0.4 is 0 Å². The van der Waals surface area contributed by atoms with E-state index in [0.29, 0.717) is 25.2 Å². The van der Waals surface area contributed by atoms with Crippen LogP contribution in [0.25, 0.3) is 0 Å². The number of allylic oxidation sites excluding steroid dienone is 2. The van der Waals surface area contributed by atoms with Gasteiger partial charge >= 0.3 is 0 Å². The van der Waals surface area contributed by atoms with Gasteiger partial charge in [-0.25, -0.2) is 0 Å². The molecule has 4 aliphatic rings. The first kappa shape index (κ1) is 15.1. The monoisotopic (exact) mass is 315 g/mol. The van der Waals surface area contributed by atoms with Gasteiger partial charge in [0.25, 0.3) is 0 Å². The molecule has 1 aliphatic heterocycles. The standard InChI is InChI=1S/C19H25NO3/c1-18-9-8-16(23)20(3)14(18)6-4-11-12-5-7-15(22)19(12,2)10-13(21)17(11)18/h6,11-12,17H,4-5,7-10H2,1-3H3. The zero-order valence-electron chi connectivity index (χ0n) is 14.2. The highest BCUT2D eigenvalue weighted by atomic mass is 16.2. The molecule has 4 nitrogen and oxygen atoms in total. The maximum atomic E-state index is 13.1. The van der Waals surface area contributed by atoms with Gasteiger partial charge in [0, 0.05) is 48.8 Å². The van der Waals surface area contributed by atoms with E-state index in [1.165, 1.54) is 0 Å². The molecule has 4 heteroatoms. The van der Waals surface area contributed by atoms with Crippen molar-refractivity contribution in [3.8, 4) is 0 Å². The highest BCUT2D eigenvalue weighted by Gasteiger charge is 2.62. The quantitative estimate of drug-likeness (QED) is 0.690. The van der Waals surface area contributed by atoms with Crippen molar-refractivity contribution >= 4 is 17.5 Å². The Hall–Kier alpha value is -1.45. The first-order valence-corrected chi connectivity index (χ1v) is 8.82. The topological polar surface area (TPSA) is 54.5 Å². The minimum absolute atomic E-state index is 0.0259. The molecule has 23 heavy (non-hydrogen) atoms. The average molecular weight is 315 g/mol. The Bertz CT molecular complexity index is 651. The van der Waals surface area contributed by atoms with E-state index in [-0.39, 0.29) is 34.7 Å². The highest BCUT2D eigenvalue weighted by Crippen LogP contribution is 2.62.